The van der Waals surface area contributed by atoms with Crippen molar-refractivity contribution in [2.45, 2.75) is 12.8 Å². The molecule has 1 atom stereocenters. The van der Waals surface area contributed by atoms with Crippen molar-refractivity contribution in [2.75, 3.05) is 5.32 Å². The molecule has 0 fully saturated rings. The van der Waals surface area contributed by atoms with Gasteiger partial charge in [0.1, 0.15) is 5.92 Å². The summed E-state index contributed by atoms with van der Waals surface area (Å²) in [7, 11) is 0. The van der Waals surface area contributed by atoms with Crippen molar-refractivity contribution in [1.82, 2.24) is 0 Å². The zero-order valence-corrected chi connectivity index (χ0v) is 13.9. The fourth-order valence-corrected chi connectivity index (χ4v) is 2.96. The fraction of sp³-hybridized carbons (Fsp3) is 0.125. The average molecular weight is 363 g/mol. The number of carbonyl (C=O) groups excluding carboxylic acids is 1. The van der Waals surface area contributed by atoms with Crippen LogP contribution in [0.5, 0.6) is 0 Å². The molecule has 0 heterocycles. The van der Waals surface area contributed by atoms with Gasteiger partial charge in [0.05, 0.1) is 4.99 Å². The van der Waals surface area contributed by atoms with E-state index in [9.17, 15) is 4.79 Å². The van der Waals surface area contributed by atoms with E-state index >= 15 is 0 Å². The summed E-state index contributed by atoms with van der Waals surface area (Å²) in [5.41, 5.74) is 8.29. The monoisotopic (exact) mass is 362 g/mol. The third-order valence-corrected chi connectivity index (χ3v) is 3.68. The van der Waals surface area contributed by atoms with E-state index in [0.717, 1.165) is 15.6 Å². The van der Waals surface area contributed by atoms with Gasteiger partial charge in [-0.05, 0) is 36.2 Å². The van der Waals surface area contributed by atoms with Gasteiger partial charge in [0.25, 0.3) is 0 Å². The fourth-order valence-electron chi connectivity index (χ4n) is 2.11. The molecule has 3 N–H and O–H groups in total. The van der Waals surface area contributed by atoms with Gasteiger partial charge >= 0.3 is 0 Å². The molecule has 0 saturated carbocycles. The molecule has 2 aromatic rings. The molecule has 1 amide bonds. The largest absolute Gasteiger partial charge is 0.392 e. The number of carbonyl (C=O) groups is 1. The van der Waals surface area contributed by atoms with Gasteiger partial charge in [-0.15, -0.1) is 0 Å². The van der Waals surface area contributed by atoms with E-state index in [0.29, 0.717) is 5.69 Å². The molecule has 0 radical (unpaired) electrons. The Bertz CT molecular complexity index is 653. The van der Waals surface area contributed by atoms with Crippen LogP contribution >= 0.6 is 28.1 Å². The molecule has 0 aliphatic rings. The first kappa shape index (κ1) is 15.7. The highest BCUT2D eigenvalue weighted by Gasteiger charge is 2.23. The minimum atomic E-state index is -0.638. The van der Waals surface area contributed by atoms with Crippen LogP contribution in [-0.2, 0) is 4.79 Å². The van der Waals surface area contributed by atoms with Crippen molar-refractivity contribution in [2.24, 2.45) is 5.73 Å². The van der Waals surface area contributed by atoms with E-state index in [1.807, 2.05) is 55.5 Å². The van der Waals surface area contributed by atoms with Crippen LogP contribution in [0.3, 0.4) is 0 Å². The number of anilines is 1. The Kier molecular flexibility index (Phi) is 5.09. The molecule has 2 aromatic carbocycles. The normalized spacial score (nSPS) is 11.7. The summed E-state index contributed by atoms with van der Waals surface area (Å²) < 4.78 is 0.907. The molecule has 0 aromatic heterocycles. The minimum absolute atomic E-state index is 0.158. The molecule has 21 heavy (non-hydrogen) atoms. The van der Waals surface area contributed by atoms with E-state index in [1.165, 1.54) is 0 Å². The average Bonchev–Trinajstić information content (AvgIpc) is 2.38. The number of hydrogen-bond donors (Lipinski definition) is 2. The van der Waals surface area contributed by atoms with Crippen molar-refractivity contribution in [3.05, 3.63) is 64.1 Å². The number of nitrogens with one attached hydrogen (secondary N) is 1. The highest BCUT2D eigenvalue weighted by Crippen LogP contribution is 2.22. The summed E-state index contributed by atoms with van der Waals surface area (Å²) in [4.78, 5) is 12.6. The van der Waals surface area contributed by atoms with Crippen molar-refractivity contribution in [1.29, 1.82) is 0 Å². The summed E-state index contributed by atoms with van der Waals surface area (Å²) in [6.45, 7) is 1.96. The van der Waals surface area contributed by atoms with Crippen molar-refractivity contribution < 1.29 is 4.79 Å². The SMILES string of the molecule is Cc1cc(Br)cc(NC(=O)C(C(N)=S)c2ccccc2)c1. The molecule has 0 spiro atoms. The highest BCUT2D eigenvalue weighted by molar-refractivity contribution is 9.10. The number of halogens is 1. The Labute approximate surface area is 137 Å². The molecule has 3 nitrogen and oxygen atoms in total. The molecular formula is C16H15BrN2OS. The summed E-state index contributed by atoms with van der Waals surface area (Å²) >= 11 is 8.46. The second-order valence-electron chi connectivity index (χ2n) is 4.75. The van der Waals surface area contributed by atoms with Crippen molar-refractivity contribution >= 4 is 44.7 Å². The number of aryl methyl sites for hydroxylation is 1. The third-order valence-electron chi connectivity index (χ3n) is 2.99. The molecule has 2 rings (SSSR count). The maximum atomic E-state index is 12.5. The van der Waals surface area contributed by atoms with E-state index in [4.69, 9.17) is 18.0 Å². The third kappa shape index (κ3) is 4.12. The van der Waals surface area contributed by atoms with E-state index < -0.39 is 5.92 Å². The van der Waals surface area contributed by atoms with Crippen molar-refractivity contribution in [3.63, 3.8) is 0 Å². The topological polar surface area (TPSA) is 55.1 Å². The smallest absolute Gasteiger partial charge is 0.238 e. The van der Waals surface area contributed by atoms with Gasteiger partial charge in [-0.25, -0.2) is 0 Å². The lowest BCUT2D eigenvalue weighted by atomic mass is 9.98. The number of hydrogen-bond acceptors (Lipinski definition) is 2. The molecule has 0 saturated heterocycles. The van der Waals surface area contributed by atoms with Crippen LogP contribution in [0, 0.1) is 6.92 Å². The van der Waals surface area contributed by atoms with Crippen LogP contribution in [0.15, 0.2) is 53.0 Å². The Morgan fingerprint density at radius 1 is 1.24 bits per heavy atom. The first-order valence-corrected chi connectivity index (χ1v) is 7.60. The molecule has 1 unspecified atom stereocenters. The second-order valence-corrected chi connectivity index (χ2v) is 6.14. The van der Waals surface area contributed by atoms with Gasteiger partial charge in [-0.1, -0.05) is 58.5 Å². The Hall–Kier alpha value is -1.72. The number of benzene rings is 2. The molecular weight excluding hydrogens is 348 g/mol. The maximum Gasteiger partial charge on any atom is 0.238 e. The lowest BCUT2D eigenvalue weighted by Crippen LogP contribution is -2.31. The van der Waals surface area contributed by atoms with Crippen LogP contribution in [0.25, 0.3) is 0 Å². The van der Waals surface area contributed by atoms with Gasteiger partial charge in [-0.3, -0.25) is 4.79 Å². The van der Waals surface area contributed by atoms with Crippen LogP contribution in [0.1, 0.15) is 17.0 Å². The zero-order chi connectivity index (χ0) is 15.4. The molecule has 0 aliphatic carbocycles. The summed E-state index contributed by atoms with van der Waals surface area (Å²) in [6, 6.07) is 15.0. The minimum Gasteiger partial charge on any atom is -0.392 e. The first-order chi connectivity index (χ1) is 9.97. The Morgan fingerprint density at radius 3 is 2.48 bits per heavy atom. The van der Waals surface area contributed by atoms with Gasteiger partial charge < -0.3 is 11.1 Å². The van der Waals surface area contributed by atoms with Gasteiger partial charge in [0.2, 0.25) is 5.91 Å². The summed E-state index contributed by atoms with van der Waals surface area (Å²) in [6.07, 6.45) is 0. The van der Waals surface area contributed by atoms with Gasteiger partial charge in [0.15, 0.2) is 0 Å². The maximum absolute atomic E-state index is 12.5. The van der Waals surface area contributed by atoms with Crippen LogP contribution in [0.2, 0.25) is 0 Å². The van der Waals surface area contributed by atoms with Crippen LogP contribution < -0.4 is 11.1 Å². The summed E-state index contributed by atoms with van der Waals surface area (Å²) in [5.74, 6) is -0.869. The summed E-state index contributed by atoms with van der Waals surface area (Å²) in [5, 5.41) is 2.87. The number of amides is 1. The predicted molar refractivity (Wildman–Crippen MR) is 93.5 cm³/mol. The number of thiocarbonyl (C=S) groups is 1. The second kappa shape index (κ2) is 6.83. The van der Waals surface area contributed by atoms with E-state index in [-0.39, 0.29) is 10.9 Å². The lowest BCUT2D eigenvalue weighted by Gasteiger charge is -2.16. The quantitative estimate of drug-likeness (QED) is 0.814. The molecule has 0 aliphatic heterocycles. The van der Waals surface area contributed by atoms with Crippen LogP contribution in [0.4, 0.5) is 5.69 Å². The van der Waals surface area contributed by atoms with E-state index in [2.05, 4.69) is 21.2 Å². The zero-order valence-electron chi connectivity index (χ0n) is 11.5. The lowest BCUT2D eigenvalue weighted by molar-refractivity contribution is -0.116. The Balaban J connectivity index is 2.26. The predicted octanol–water partition coefficient (Wildman–Crippen LogP) is 3.77. The number of nitrogens with two attached hydrogens (primary N) is 1. The van der Waals surface area contributed by atoms with Gasteiger partial charge in [0, 0.05) is 10.2 Å². The van der Waals surface area contributed by atoms with Crippen molar-refractivity contribution in [3.8, 4) is 0 Å². The highest BCUT2D eigenvalue weighted by atomic mass is 79.9. The van der Waals surface area contributed by atoms with Gasteiger partial charge in [-0.2, -0.15) is 0 Å². The standard InChI is InChI=1S/C16H15BrN2OS/c1-10-7-12(17)9-13(8-10)19-16(20)14(15(18)21)11-5-3-2-4-6-11/h2-9,14H,1H3,(H2,18,21)(H,19,20). The van der Waals surface area contributed by atoms with Crippen LogP contribution in [-0.4, -0.2) is 10.9 Å². The van der Waals surface area contributed by atoms with E-state index in [1.54, 1.807) is 0 Å². The molecule has 0 bridgehead atoms. The molecule has 5 heteroatoms. The molecule has 108 valence electrons. The Morgan fingerprint density at radius 2 is 1.90 bits per heavy atom. The first-order valence-electron chi connectivity index (χ1n) is 6.39. The number of rotatable bonds is 4.